The number of hydrogen-bond acceptors (Lipinski definition) is 2. The summed E-state index contributed by atoms with van der Waals surface area (Å²) in [5.41, 5.74) is -0.461. The highest BCUT2D eigenvalue weighted by Gasteiger charge is 2.34. The van der Waals surface area contributed by atoms with Gasteiger partial charge in [-0.3, -0.25) is 0 Å². The Balaban J connectivity index is 2.52. The van der Waals surface area contributed by atoms with E-state index in [4.69, 9.17) is 16.9 Å². The van der Waals surface area contributed by atoms with Gasteiger partial charge < -0.3 is 0 Å². The lowest BCUT2D eigenvalue weighted by Crippen LogP contribution is -2.07. The standard InChI is InChI=1S/C11H5ClF3N3/c12-10-5-9(11(13,14)15)17-18(10)8-3-1-2-7(4-8)6-16/h1-5H. The Hall–Kier alpha value is -2.00. The van der Waals surface area contributed by atoms with Crippen LogP contribution in [0.4, 0.5) is 13.2 Å². The van der Waals surface area contributed by atoms with Crippen LogP contribution in [0.25, 0.3) is 5.69 Å². The molecule has 0 aliphatic carbocycles. The van der Waals surface area contributed by atoms with Crippen LogP contribution < -0.4 is 0 Å². The number of rotatable bonds is 1. The van der Waals surface area contributed by atoms with Crippen molar-refractivity contribution in [3.05, 3.63) is 46.7 Å². The van der Waals surface area contributed by atoms with Crippen LogP contribution in [0.3, 0.4) is 0 Å². The van der Waals surface area contributed by atoms with E-state index in [9.17, 15) is 13.2 Å². The molecule has 0 atom stereocenters. The first kappa shape index (κ1) is 12.5. The summed E-state index contributed by atoms with van der Waals surface area (Å²) in [5.74, 6) is 0. The number of nitrogens with zero attached hydrogens (tertiary/aromatic N) is 3. The zero-order valence-corrected chi connectivity index (χ0v) is 9.50. The Morgan fingerprint density at radius 3 is 2.56 bits per heavy atom. The molecule has 1 heterocycles. The average molecular weight is 272 g/mol. The highest BCUT2D eigenvalue weighted by molar-refractivity contribution is 6.29. The van der Waals surface area contributed by atoms with Crippen LogP contribution in [-0.2, 0) is 6.18 Å². The summed E-state index contributed by atoms with van der Waals surface area (Å²) in [4.78, 5) is 0. The maximum atomic E-state index is 12.5. The van der Waals surface area contributed by atoms with E-state index in [0.717, 1.165) is 10.7 Å². The Morgan fingerprint density at radius 2 is 2.00 bits per heavy atom. The van der Waals surface area contributed by atoms with E-state index >= 15 is 0 Å². The number of halogens is 4. The SMILES string of the molecule is N#Cc1cccc(-n2nc(C(F)(F)F)cc2Cl)c1. The average Bonchev–Trinajstić information content (AvgIpc) is 2.71. The largest absolute Gasteiger partial charge is 0.435 e. The summed E-state index contributed by atoms with van der Waals surface area (Å²) in [5, 5.41) is 11.9. The topological polar surface area (TPSA) is 41.6 Å². The Morgan fingerprint density at radius 1 is 1.28 bits per heavy atom. The summed E-state index contributed by atoms with van der Waals surface area (Å²) in [7, 11) is 0. The molecule has 0 spiro atoms. The van der Waals surface area contributed by atoms with Crippen molar-refractivity contribution in [3.63, 3.8) is 0 Å². The molecular weight excluding hydrogens is 267 g/mol. The van der Waals surface area contributed by atoms with E-state index in [1.54, 1.807) is 6.07 Å². The van der Waals surface area contributed by atoms with Crippen LogP contribution in [-0.4, -0.2) is 9.78 Å². The van der Waals surface area contributed by atoms with Crippen molar-refractivity contribution >= 4 is 11.6 Å². The van der Waals surface area contributed by atoms with Gasteiger partial charge in [0.1, 0.15) is 5.15 Å². The number of hydrogen-bond donors (Lipinski definition) is 0. The van der Waals surface area contributed by atoms with Gasteiger partial charge in [0, 0.05) is 6.07 Å². The third-order valence-corrected chi connectivity index (χ3v) is 2.45. The molecule has 0 unspecified atom stereocenters. The molecule has 0 aliphatic heterocycles. The van der Waals surface area contributed by atoms with Crippen LogP contribution in [0.15, 0.2) is 30.3 Å². The monoisotopic (exact) mass is 271 g/mol. The van der Waals surface area contributed by atoms with Crippen LogP contribution in [0, 0.1) is 11.3 Å². The second kappa shape index (κ2) is 4.35. The van der Waals surface area contributed by atoms with Gasteiger partial charge in [-0.05, 0) is 18.2 Å². The van der Waals surface area contributed by atoms with Crippen LogP contribution >= 0.6 is 11.6 Å². The predicted molar refractivity (Wildman–Crippen MR) is 58.3 cm³/mol. The molecule has 18 heavy (non-hydrogen) atoms. The molecule has 0 saturated carbocycles. The summed E-state index contributed by atoms with van der Waals surface area (Å²) in [6.45, 7) is 0. The molecule has 0 bridgehead atoms. The van der Waals surface area contributed by atoms with Gasteiger partial charge >= 0.3 is 6.18 Å². The lowest BCUT2D eigenvalue weighted by molar-refractivity contribution is -0.141. The van der Waals surface area contributed by atoms with Gasteiger partial charge in [0.25, 0.3) is 0 Å². The van der Waals surface area contributed by atoms with Crippen molar-refractivity contribution in [2.75, 3.05) is 0 Å². The van der Waals surface area contributed by atoms with Crippen LogP contribution in [0.2, 0.25) is 5.15 Å². The van der Waals surface area contributed by atoms with Gasteiger partial charge in [-0.1, -0.05) is 17.7 Å². The summed E-state index contributed by atoms with van der Waals surface area (Å²) < 4.78 is 38.3. The molecule has 2 rings (SSSR count). The lowest BCUT2D eigenvalue weighted by atomic mass is 10.2. The third kappa shape index (κ3) is 2.31. The van der Waals surface area contributed by atoms with Crippen molar-refractivity contribution in [3.8, 4) is 11.8 Å². The van der Waals surface area contributed by atoms with Crippen LogP contribution in [0.1, 0.15) is 11.3 Å². The van der Waals surface area contributed by atoms with Gasteiger partial charge in [0.2, 0.25) is 0 Å². The second-order valence-electron chi connectivity index (χ2n) is 3.42. The van der Waals surface area contributed by atoms with Crippen molar-refractivity contribution in [2.45, 2.75) is 6.18 Å². The Kier molecular flexibility index (Phi) is 3.01. The number of nitriles is 1. The zero-order chi connectivity index (χ0) is 13.3. The van der Waals surface area contributed by atoms with Crippen molar-refractivity contribution in [2.24, 2.45) is 0 Å². The molecule has 0 amide bonds. The van der Waals surface area contributed by atoms with E-state index in [1.165, 1.54) is 18.2 Å². The minimum Gasteiger partial charge on any atom is -0.222 e. The van der Waals surface area contributed by atoms with Crippen LogP contribution in [0.5, 0.6) is 0 Å². The molecule has 0 fully saturated rings. The molecule has 0 N–H and O–H groups in total. The Bertz CT molecular complexity index is 625. The van der Waals surface area contributed by atoms with E-state index in [1.807, 2.05) is 6.07 Å². The summed E-state index contributed by atoms with van der Waals surface area (Å²) >= 11 is 5.70. The zero-order valence-electron chi connectivity index (χ0n) is 8.74. The number of alkyl halides is 3. The van der Waals surface area contributed by atoms with Gasteiger partial charge in [-0.15, -0.1) is 0 Å². The van der Waals surface area contributed by atoms with Gasteiger partial charge in [0.05, 0.1) is 17.3 Å². The molecule has 1 aromatic heterocycles. The predicted octanol–water partition coefficient (Wildman–Crippen LogP) is 3.42. The van der Waals surface area contributed by atoms with Crippen molar-refractivity contribution < 1.29 is 13.2 Å². The quantitative estimate of drug-likeness (QED) is 0.797. The smallest absolute Gasteiger partial charge is 0.222 e. The molecule has 2 aromatic rings. The van der Waals surface area contributed by atoms with E-state index in [2.05, 4.69) is 5.10 Å². The minimum absolute atomic E-state index is 0.169. The van der Waals surface area contributed by atoms with Gasteiger partial charge in [-0.25, -0.2) is 4.68 Å². The number of aromatic nitrogens is 2. The molecule has 0 saturated heterocycles. The second-order valence-corrected chi connectivity index (χ2v) is 3.81. The summed E-state index contributed by atoms with van der Waals surface area (Å²) in [6, 6.07) is 8.61. The lowest BCUT2D eigenvalue weighted by Gasteiger charge is -2.03. The molecule has 0 aliphatic rings. The molecule has 1 aromatic carbocycles. The molecular formula is C11H5ClF3N3. The fourth-order valence-electron chi connectivity index (χ4n) is 1.39. The normalized spacial score (nSPS) is 11.3. The first-order valence-corrected chi connectivity index (χ1v) is 5.13. The molecule has 7 heteroatoms. The van der Waals surface area contributed by atoms with Crippen molar-refractivity contribution in [1.82, 2.24) is 9.78 Å². The van der Waals surface area contributed by atoms with Gasteiger partial charge in [0.15, 0.2) is 5.69 Å². The maximum Gasteiger partial charge on any atom is 0.435 e. The van der Waals surface area contributed by atoms with E-state index in [0.29, 0.717) is 11.3 Å². The van der Waals surface area contributed by atoms with Gasteiger partial charge in [-0.2, -0.15) is 23.5 Å². The fraction of sp³-hybridized carbons (Fsp3) is 0.0909. The molecule has 0 radical (unpaired) electrons. The molecule has 3 nitrogen and oxygen atoms in total. The highest BCUT2D eigenvalue weighted by atomic mass is 35.5. The first-order chi connectivity index (χ1) is 8.41. The van der Waals surface area contributed by atoms with E-state index < -0.39 is 11.9 Å². The van der Waals surface area contributed by atoms with E-state index in [-0.39, 0.29) is 5.15 Å². The molecule has 92 valence electrons. The maximum absolute atomic E-state index is 12.5. The summed E-state index contributed by atoms with van der Waals surface area (Å²) in [6.07, 6.45) is -4.55. The highest BCUT2D eigenvalue weighted by Crippen LogP contribution is 2.31. The van der Waals surface area contributed by atoms with Crippen molar-refractivity contribution in [1.29, 1.82) is 5.26 Å². The minimum atomic E-state index is -4.55. The first-order valence-electron chi connectivity index (χ1n) is 4.75. The Labute approximate surface area is 105 Å². The third-order valence-electron chi connectivity index (χ3n) is 2.18. The fourth-order valence-corrected chi connectivity index (χ4v) is 1.62. The number of benzene rings is 1.